The molecule has 2 aromatic heterocycles. The van der Waals surface area contributed by atoms with Gasteiger partial charge in [-0.05, 0) is 74.5 Å². The third-order valence-corrected chi connectivity index (χ3v) is 12.0. The van der Waals surface area contributed by atoms with Crippen molar-refractivity contribution in [3.8, 4) is 0 Å². The molecular formula is C42H55N7O4S. The standard InChI is InChI=1S/C42H55N7O4S/c1-48-36(25-31-28-46-34-12-4-3-11-32(31)34)37(50)16-15-33-40(17-20-45-41(33)49-21-23-53-24-22-49)54-39-14-5-2-10-30(39)27-47-35(13-8-19-44)38(51)26-29(42(48)52)9-6-7-18-43/h2-5,10-12,14,17,20,28-29,35-36,46-47H,6-9,13,15-16,18-19,21-27,43-44H2,1H3/t29-,35+,36+/m1/s1. The number of benzene rings is 2. The predicted molar refractivity (Wildman–Crippen MR) is 215 cm³/mol. The van der Waals surface area contributed by atoms with Crippen LogP contribution >= 0.6 is 11.8 Å². The van der Waals surface area contributed by atoms with E-state index in [1.54, 1.807) is 23.7 Å². The lowest BCUT2D eigenvalue weighted by Crippen LogP contribution is -2.47. The predicted octanol–water partition coefficient (Wildman–Crippen LogP) is 5.04. The van der Waals surface area contributed by atoms with Gasteiger partial charge in [0, 0.05) is 90.5 Å². The highest BCUT2D eigenvalue weighted by molar-refractivity contribution is 7.99. The molecule has 2 aromatic carbocycles. The van der Waals surface area contributed by atoms with E-state index in [9.17, 15) is 14.4 Å². The molecule has 1 saturated heterocycles. The van der Waals surface area contributed by atoms with Crippen LogP contribution in [-0.4, -0.2) is 90.9 Å². The molecule has 2 aliphatic rings. The lowest BCUT2D eigenvalue weighted by atomic mass is 9.89. The van der Waals surface area contributed by atoms with E-state index < -0.39 is 18.0 Å². The van der Waals surface area contributed by atoms with Crippen LogP contribution in [0.5, 0.6) is 0 Å². The zero-order valence-corrected chi connectivity index (χ0v) is 32.3. The van der Waals surface area contributed by atoms with Crippen LogP contribution in [-0.2, 0) is 38.5 Å². The highest BCUT2D eigenvalue weighted by Gasteiger charge is 2.34. The monoisotopic (exact) mass is 753 g/mol. The Morgan fingerprint density at radius 2 is 1.67 bits per heavy atom. The summed E-state index contributed by atoms with van der Waals surface area (Å²) in [6.07, 6.45) is 8.16. The number of nitrogens with two attached hydrogens (primary N) is 2. The number of H-pyrrole nitrogens is 1. The molecule has 0 saturated carbocycles. The molecule has 3 atom stereocenters. The molecule has 288 valence electrons. The number of likely N-dealkylation sites (N-methyl/N-ethyl adjacent to an activating group) is 1. The Kier molecular flexibility index (Phi) is 14.3. The minimum atomic E-state index is -0.731. The number of ether oxygens (including phenoxy) is 1. The van der Waals surface area contributed by atoms with Crippen LogP contribution in [0.25, 0.3) is 10.9 Å². The number of anilines is 1. The number of para-hydroxylation sites is 1. The molecule has 0 radical (unpaired) electrons. The smallest absolute Gasteiger partial charge is 0.226 e. The number of pyridine rings is 1. The van der Waals surface area contributed by atoms with Gasteiger partial charge in [-0.15, -0.1) is 0 Å². The highest BCUT2D eigenvalue weighted by Crippen LogP contribution is 2.37. The van der Waals surface area contributed by atoms with Gasteiger partial charge in [-0.1, -0.05) is 54.6 Å². The van der Waals surface area contributed by atoms with Crippen molar-refractivity contribution in [3.63, 3.8) is 0 Å². The molecule has 12 heteroatoms. The maximum Gasteiger partial charge on any atom is 0.226 e. The van der Waals surface area contributed by atoms with Crippen molar-refractivity contribution in [1.29, 1.82) is 0 Å². The molecule has 1 amide bonds. The third kappa shape index (κ3) is 9.77. The summed E-state index contributed by atoms with van der Waals surface area (Å²) in [4.78, 5) is 57.7. The Labute approximate surface area is 323 Å². The van der Waals surface area contributed by atoms with Gasteiger partial charge in [0.2, 0.25) is 5.91 Å². The first-order valence-electron chi connectivity index (χ1n) is 19.4. The fourth-order valence-corrected chi connectivity index (χ4v) is 8.81. The van der Waals surface area contributed by atoms with Crippen molar-refractivity contribution in [2.75, 3.05) is 51.3 Å². The fraction of sp³-hybridized carbons (Fsp3) is 0.476. The van der Waals surface area contributed by atoms with Crippen LogP contribution in [0, 0.1) is 5.92 Å². The zero-order valence-electron chi connectivity index (χ0n) is 31.4. The van der Waals surface area contributed by atoms with Gasteiger partial charge in [0.15, 0.2) is 11.6 Å². The van der Waals surface area contributed by atoms with Gasteiger partial charge in [0.25, 0.3) is 0 Å². The average molecular weight is 754 g/mol. The molecule has 0 bridgehead atoms. The van der Waals surface area contributed by atoms with Crippen LogP contribution in [0.4, 0.5) is 5.82 Å². The first-order chi connectivity index (χ1) is 26.4. The summed E-state index contributed by atoms with van der Waals surface area (Å²) in [6, 6.07) is 17.1. The number of hydrogen-bond donors (Lipinski definition) is 4. The number of nitrogens with one attached hydrogen (secondary N) is 2. The van der Waals surface area contributed by atoms with E-state index in [1.807, 2.05) is 54.9 Å². The van der Waals surface area contributed by atoms with Crippen molar-refractivity contribution >= 4 is 46.0 Å². The SMILES string of the molecule is CN1C(=O)[C@H](CCCCN)CC(=O)[C@H](CCCN)NCc2ccccc2Sc2ccnc(N3CCOCC3)c2CCC(=O)[C@@H]1Cc1c[nH]c2ccccc12. The molecule has 6 N–H and O–H groups in total. The maximum absolute atomic E-state index is 14.7. The van der Waals surface area contributed by atoms with Crippen molar-refractivity contribution < 1.29 is 19.1 Å². The quantitative estimate of drug-likeness (QED) is 0.162. The molecule has 0 unspecified atom stereocenters. The van der Waals surface area contributed by atoms with Gasteiger partial charge >= 0.3 is 0 Å². The minimum absolute atomic E-state index is 0.0107. The number of rotatable bonds is 10. The van der Waals surface area contributed by atoms with Crippen LogP contribution in [0.15, 0.2) is 76.8 Å². The van der Waals surface area contributed by atoms with Crippen molar-refractivity contribution in [2.24, 2.45) is 17.4 Å². The molecule has 0 spiro atoms. The number of Topliss-reactive ketones (excluding diaryl/α,β-unsaturated/α-hetero) is 2. The number of carbonyl (C=O) groups excluding carboxylic acids is 3. The van der Waals surface area contributed by atoms with Crippen LogP contribution in [0.3, 0.4) is 0 Å². The molecule has 4 heterocycles. The van der Waals surface area contributed by atoms with Crippen molar-refractivity contribution in [2.45, 2.75) is 86.2 Å². The highest BCUT2D eigenvalue weighted by atomic mass is 32.2. The third-order valence-electron chi connectivity index (χ3n) is 10.8. The number of fused-ring (bicyclic) bond motifs is 3. The van der Waals surface area contributed by atoms with Crippen LogP contribution in [0.2, 0.25) is 0 Å². The molecule has 6 rings (SSSR count). The van der Waals surface area contributed by atoms with Crippen molar-refractivity contribution in [3.05, 3.63) is 83.7 Å². The maximum atomic E-state index is 14.7. The average Bonchev–Trinajstić information content (AvgIpc) is 3.61. The van der Waals surface area contributed by atoms with E-state index in [0.29, 0.717) is 84.5 Å². The molecule has 2 aliphatic heterocycles. The summed E-state index contributed by atoms with van der Waals surface area (Å²) < 4.78 is 5.68. The lowest BCUT2D eigenvalue weighted by Gasteiger charge is -2.32. The molecule has 0 aliphatic carbocycles. The molecule has 11 nitrogen and oxygen atoms in total. The lowest BCUT2D eigenvalue weighted by molar-refractivity contribution is -0.143. The number of aromatic amines is 1. The number of hydrogen-bond acceptors (Lipinski definition) is 10. The second-order valence-electron chi connectivity index (χ2n) is 14.4. The van der Waals surface area contributed by atoms with E-state index in [4.69, 9.17) is 21.2 Å². The minimum Gasteiger partial charge on any atom is -0.378 e. The van der Waals surface area contributed by atoms with E-state index in [2.05, 4.69) is 27.3 Å². The Bertz CT molecular complexity index is 1880. The molecule has 54 heavy (non-hydrogen) atoms. The Morgan fingerprint density at radius 3 is 2.48 bits per heavy atom. The van der Waals surface area contributed by atoms with Crippen molar-refractivity contribution in [1.82, 2.24) is 20.2 Å². The number of amides is 1. The van der Waals surface area contributed by atoms with Crippen LogP contribution in [0.1, 0.15) is 61.6 Å². The summed E-state index contributed by atoms with van der Waals surface area (Å²) in [5.41, 5.74) is 15.8. The summed E-state index contributed by atoms with van der Waals surface area (Å²) in [5.74, 6) is 0.0736. The first-order valence-corrected chi connectivity index (χ1v) is 20.3. The van der Waals surface area contributed by atoms with Gasteiger partial charge in [0.1, 0.15) is 5.82 Å². The first kappa shape index (κ1) is 39.6. The topological polar surface area (TPSA) is 160 Å². The van der Waals surface area contributed by atoms with Gasteiger partial charge < -0.3 is 36.3 Å². The molecule has 4 aromatic rings. The fourth-order valence-electron chi connectivity index (χ4n) is 7.71. The Morgan fingerprint density at radius 1 is 0.889 bits per heavy atom. The largest absolute Gasteiger partial charge is 0.378 e. The second kappa shape index (κ2) is 19.5. The van der Waals surface area contributed by atoms with Gasteiger partial charge in [-0.3, -0.25) is 14.4 Å². The number of aromatic nitrogens is 2. The zero-order chi connectivity index (χ0) is 37.9. The van der Waals surface area contributed by atoms with E-state index in [0.717, 1.165) is 49.6 Å². The summed E-state index contributed by atoms with van der Waals surface area (Å²) in [5, 5.41) is 4.59. The van der Waals surface area contributed by atoms with Gasteiger partial charge in [-0.25, -0.2) is 4.98 Å². The van der Waals surface area contributed by atoms with E-state index >= 15 is 0 Å². The van der Waals surface area contributed by atoms with Gasteiger partial charge in [-0.2, -0.15) is 0 Å². The number of morpholine rings is 1. The summed E-state index contributed by atoms with van der Waals surface area (Å²) >= 11 is 1.67. The number of unbranched alkanes of at least 4 members (excludes halogenated alkanes) is 1. The normalized spacial score (nSPS) is 20.9. The van der Waals surface area contributed by atoms with Gasteiger partial charge in [0.05, 0.1) is 25.3 Å². The van der Waals surface area contributed by atoms with E-state index in [-0.39, 0.29) is 30.3 Å². The van der Waals surface area contributed by atoms with Crippen LogP contribution < -0.4 is 21.7 Å². The molecule has 1 fully saturated rings. The summed E-state index contributed by atoms with van der Waals surface area (Å²) in [6.45, 7) is 4.11. The Hall–Kier alpha value is -4.07. The van der Waals surface area contributed by atoms with E-state index in [1.165, 1.54) is 0 Å². The number of ketones is 2. The second-order valence-corrected chi connectivity index (χ2v) is 15.5. The summed E-state index contributed by atoms with van der Waals surface area (Å²) in [7, 11) is 1.74. The number of carbonyl (C=O) groups is 3. The Balaban J connectivity index is 1.42. The molecular weight excluding hydrogens is 699 g/mol. The number of nitrogens with zero attached hydrogens (tertiary/aromatic N) is 3.